The van der Waals surface area contributed by atoms with Crippen LogP contribution < -0.4 is 15.6 Å². The third-order valence-electron chi connectivity index (χ3n) is 6.08. The van der Waals surface area contributed by atoms with Crippen LogP contribution in [0.3, 0.4) is 0 Å². The summed E-state index contributed by atoms with van der Waals surface area (Å²) in [6, 6.07) is 21.3. The van der Waals surface area contributed by atoms with Crippen LogP contribution in [0.15, 0.2) is 71.5 Å². The van der Waals surface area contributed by atoms with E-state index in [-0.39, 0.29) is 5.56 Å². The Balaban J connectivity index is 1.72. The molecular formula is C27H27ClN4O2. The minimum absolute atomic E-state index is 0.115. The summed E-state index contributed by atoms with van der Waals surface area (Å²) in [5, 5.41) is 4.51. The van der Waals surface area contributed by atoms with Crippen LogP contribution in [-0.2, 0) is 6.54 Å². The number of halogens is 1. The molecule has 0 aliphatic carbocycles. The molecule has 0 spiro atoms. The number of piperazine rings is 1. The molecule has 0 radical (unpaired) electrons. The topological polar surface area (TPSA) is 59.4 Å². The Morgan fingerprint density at radius 3 is 2.56 bits per heavy atom. The second-order valence-electron chi connectivity index (χ2n) is 8.34. The maximum Gasteiger partial charge on any atom is 0.266 e. The lowest BCUT2D eigenvalue weighted by atomic mass is 10.0. The second-order valence-corrected chi connectivity index (χ2v) is 8.77. The van der Waals surface area contributed by atoms with E-state index >= 15 is 0 Å². The van der Waals surface area contributed by atoms with Gasteiger partial charge in [0.1, 0.15) is 11.6 Å². The molecule has 1 fully saturated rings. The first-order valence-electron chi connectivity index (χ1n) is 11.6. The summed E-state index contributed by atoms with van der Waals surface area (Å²) in [5.41, 5.74) is 3.27. The highest BCUT2D eigenvalue weighted by Gasteiger charge is 2.20. The van der Waals surface area contributed by atoms with Crippen LogP contribution in [0.2, 0.25) is 5.02 Å². The minimum atomic E-state index is -0.115. The molecule has 6 nitrogen and oxygen atoms in total. The van der Waals surface area contributed by atoms with Crippen molar-refractivity contribution >= 4 is 22.5 Å². The minimum Gasteiger partial charge on any atom is -0.492 e. The Morgan fingerprint density at radius 2 is 1.79 bits per heavy atom. The average molecular weight is 475 g/mol. The molecule has 0 unspecified atom stereocenters. The first-order chi connectivity index (χ1) is 16.6. The largest absolute Gasteiger partial charge is 0.492 e. The molecule has 1 N–H and O–H groups in total. The van der Waals surface area contributed by atoms with E-state index in [9.17, 15) is 4.79 Å². The van der Waals surface area contributed by atoms with Crippen molar-refractivity contribution < 1.29 is 4.74 Å². The highest BCUT2D eigenvalue weighted by atomic mass is 35.5. The number of ether oxygens (including phenoxy) is 1. The zero-order valence-electron chi connectivity index (χ0n) is 19.1. The Hall–Kier alpha value is -3.19. The summed E-state index contributed by atoms with van der Waals surface area (Å²) in [7, 11) is 0. The standard InChI is InChI=1S/C27H27ClN4O2/c1-2-34-25-17-21(28)9-11-24(25)32-26(18-31-14-12-29-13-15-31)30-23-10-8-20(16-22(23)27(32)33)19-6-4-3-5-7-19/h3-11,16-17,29H,2,12-15,18H2,1H3. The maximum absolute atomic E-state index is 14.0. The molecule has 2 heterocycles. The van der Waals surface area contributed by atoms with E-state index in [1.165, 1.54) is 0 Å². The highest BCUT2D eigenvalue weighted by Crippen LogP contribution is 2.29. The molecule has 0 amide bonds. The van der Waals surface area contributed by atoms with Gasteiger partial charge in [0.2, 0.25) is 0 Å². The van der Waals surface area contributed by atoms with Crippen LogP contribution >= 0.6 is 11.6 Å². The summed E-state index contributed by atoms with van der Waals surface area (Å²) >= 11 is 6.26. The number of nitrogens with zero attached hydrogens (tertiary/aromatic N) is 3. The van der Waals surface area contributed by atoms with Crippen molar-refractivity contribution in [1.29, 1.82) is 0 Å². The molecule has 4 aromatic rings. The van der Waals surface area contributed by atoms with Crippen molar-refractivity contribution in [3.8, 4) is 22.6 Å². The van der Waals surface area contributed by atoms with E-state index in [4.69, 9.17) is 21.3 Å². The molecule has 1 aliphatic heterocycles. The van der Waals surface area contributed by atoms with Crippen LogP contribution in [-0.4, -0.2) is 47.2 Å². The predicted octanol–water partition coefficient (Wildman–Crippen LogP) is 4.51. The molecule has 7 heteroatoms. The number of fused-ring (bicyclic) bond motifs is 1. The fourth-order valence-corrected chi connectivity index (χ4v) is 4.57. The summed E-state index contributed by atoms with van der Waals surface area (Å²) in [4.78, 5) is 21.3. The van der Waals surface area contributed by atoms with Gasteiger partial charge in [0.15, 0.2) is 0 Å². The van der Waals surface area contributed by atoms with Crippen molar-refractivity contribution in [2.24, 2.45) is 0 Å². The maximum atomic E-state index is 14.0. The van der Waals surface area contributed by atoms with E-state index in [1.807, 2.05) is 61.5 Å². The van der Waals surface area contributed by atoms with Gasteiger partial charge in [-0.15, -0.1) is 0 Å². The van der Waals surface area contributed by atoms with E-state index < -0.39 is 0 Å². The van der Waals surface area contributed by atoms with Gasteiger partial charge in [-0.3, -0.25) is 14.3 Å². The Morgan fingerprint density at radius 1 is 1.00 bits per heavy atom. The molecule has 1 aliphatic rings. The summed E-state index contributed by atoms with van der Waals surface area (Å²) in [6.07, 6.45) is 0. The third-order valence-corrected chi connectivity index (χ3v) is 6.32. The Kier molecular flexibility index (Phi) is 6.63. The number of nitrogens with one attached hydrogen (secondary N) is 1. The lowest BCUT2D eigenvalue weighted by Gasteiger charge is -2.28. The average Bonchev–Trinajstić information content (AvgIpc) is 2.86. The number of aromatic nitrogens is 2. The van der Waals surface area contributed by atoms with Crippen LogP contribution in [0.5, 0.6) is 5.75 Å². The lowest BCUT2D eigenvalue weighted by Crippen LogP contribution is -2.44. The smallest absolute Gasteiger partial charge is 0.266 e. The molecule has 1 saturated heterocycles. The van der Waals surface area contributed by atoms with Gasteiger partial charge in [-0.05, 0) is 42.3 Å². The summed E-state index contributed by atoms with van der Waals surface area (Å²) in [5.74, 6) is 1.26. The van der Waals surface area contributed by atoms with Crippen molar-refractivity contribution in [1.82, 2.24) is 19.8 Å². The highest BCUT2D eigenvalue weighted by molar-refractivity contribution is 6.30. The molecular weight excluding hydrogens is 448 g/mol. The normalized spacial score (nSPS) is 14.4. The van der Waals surface area contributed by atoms with Gasteiger partial charge in [0, 0.05) is 37.3 Å². The van der Waals surface area contributed by atoms with Gasteiger partial charge in [0.25, 0.3) is 5.56 Å². The van der Waals surface area contributed by atoms with Crippen LogP contribution in [0.25, 0.3) is 27.7 Å². The number of benzene rings is 3. The Bertz CT molecular complexity index is 1360. The SMILES string of the molecule is CCOc1cc(Cl)ccc1-n1c(CN2CCNCC2)nc2ccc(-c3ccccc3)cc2c1=O. The molecule has 0 bridgehead atoms. The zero-order chi connectivity index (χ0) is 23.5. The van der Waals surface area contributed by atoms with Crippen molar-refractivity contribution in [2.45, 2.75) is 13.5 Å². The quantitative estimate of drug-likeness (QED) is 0.445. The molecule has 174 valence electrons. The van der Waals surface area contributed by atoms with Crippen LogP contribution in [0, 0.1) is 0 Å². The first kappa shape index (κ1) is 22.6. The van der Waals surface area contributed by atoms with E-state index in [0.29, 0.717) is 46.3 Å². The van der Waals surface area contributed by atoms with Crippen molar-refractivity contribution in [3.05, 3.63) is 87.9 Å². The van der Waals surface area contributed by atoms with Gasteiger partial charge >= 0.3 is 0 Å². The number of hydrogen-bond donors (Lipinski definition) is 1. The van der Waals surface area contributed by atoms with Gasteiger partial charge < -0.3 is 10.1 Å². The van der Waals surface area contributed by atoms with E-state index in [1.54, 1.807) is 16.7 Å². The van der Waals surface area contributed by atoms with Gasteiger partial charge in [-0.25, -0.2) is 4.98 Å². The molecule has 0 atom stereocenters. The predicted molar refractivity (Wildman–Crippen MR) is 137 cm³/mol. The van der Waals surface area contributed by atoms with Gasteiger partial charge in [-0.1, -0.05) is 48.0 Å². The van der Waals surface area contributed by atoms with E-state index in [0.717, 1.165) is 37.3 Å². The first-order valence-corrected chi connectivity index (χ1v) is 12.0. The fraction of sp³-hybridized carbons (Fsp3) is 0.259. The van der Waals surface area contributed by atoms with Crippen LogP contribution in [0.1, 0.15) is 12.7 Å². The lowest BCUT2D eigenvalue weighted by molar-refractivity contribution is 0.226. The summed E-state index contributed by atoms with van der Waals surface area (Å²) < 4.78 is 7.58. The molecule has 1 aromatic heterocycles. The van der Waals surface area contributed by atoms with Crippen LogP contribution in [0.4, 0.5) is 0 Å². The third kappa shape index (κ3) is 4.57. The molecule has 34 heavy (non-hydrogen) atoms. The van der Waals surface area contributed by atoms with Gasteiger partial charge in [-0.2, -0.15) is 0 Å². The monoisotopic (exact) mass is 474 g/mol. The second kappa shape index (κ2) is 9.97. The summed E-state index contributed by atoms with van der Waals surface area (Å²) in [6.45, 7) is 6.60. The van der Waals surface area contributed by atoms with Crippen molar-refractivity contribution in [2.75, 3.05) is 32.8 Å². The number of rotatable bonds is 6. The van der Waals surface area contributed by atoms with Crippen molar-refractivity contribution in [3.63, 3.8) is 0 Å². The zero-order valence-corrected chi connectivity index (χ0v) is 19.9. The van der Waals surface area contributed by atoms with E-state index in [2.05, 4.69) is 10.2 Å². The Labute approximate surface area is 203 Å². The molecule has 3 aromatic carbocycles. The van der Waals surface area contributed by atoms with Gasteiger partial charge in [0.05, 0.1) is 29.7 Å². The number of hydrogen-bond acceptors (Lipinski definition) is 5. The molecule has 0 saturated carbocycles. The fourth-order valence-electron chi connectivity index (χ4n) is 4.41. The molecule has 5 rings (SSSR count).